The highest BCUT2D eigenvalue weighted by Crippen LogP contribution is 2.48. The number of hydrogen-bond acceptors (Lipinski definition) is 3. The van der Waals surface area contributed by atoms with Gasteiger partial charge in [-0.1, -0.05) is 6.92 Å². The van der Waals surface area contributed by atoms with Gasteiger partial charge in [-0.2, -0.15) is 0 Å². The molecule has 4 rings (SSSR count). The van der Waals surface area contributed by atoms with Crippen molar-refractivity contribution >= 4 is 12.0 Å². The lowest BCUT2D eigenvalue weighted by atomic mass is 9.65. The van der Waals surface area contributed by atoms with Crippen LogP contribution in [0, 0.1) is 11.8 Å². The van der Waals surface area contributed by atoms with Gasteiger partial charge in [0, 0.05) is 50.2 Å². The van der Waals surface area contributed by atoms with Crippen molar-refractivity contribution in [3.05, 3.63) is 0 Å². The number of likely N-dealkylation sites (tertiary alicyclic amines) is 1. The largest absolute Gasteiger partial charge is 0.465 e. The van der Waals surface area contributed by atoms with E-state index >= 15 is 0 Å². The molecule has 0 aromatic carbocycles. The standard InChI is InChI=1S/C20H35N3O3/c1-5-20-8-7-16(13-23(20)19(25)26)17(10-20)21-11-15(12-21)9-18(24)22(6-2)14(3)4/h14-17H,5-13H2,1-4H3,(H,25,26). The van der Waals surface area contributed by atoms with E-state index < -0.39 is 6.09 Å². The fraction of sp³-hybridized carbons (Fsp3) is 0.900. The first-order valence-electron chi connectivity index (χ1n) is 10.3. The van der Waals surface area contributed by atoms with Crippen molar-refractivity contribution in [3.63, 3.8) is 0 Å². The van der Waals surface area contributed by atoms with Crippen molar-refractivity contribution in [2.75, 3.05) is 26.2 Å². The van der Waals surface area contributed by atoms with Crippen molar-refractivity contribution in [3.8, 4) is 0 Å². The number of fused-ring (bicyclic) bond motifs is 3. The molecule has 3 heterocycles. The van der Waals surface area contributed by atoms with Gasteiger partial charge in [0.2, 0.25) is 5.91 Å². The Labute approximate surface area is 157 Å². The molecule has 0 spiro atoms. The summed E-state index contributed by atoms with van der Waals surface area (Å²) in [6, 6.07) is 0.766. The third kappa shape index (κ3) is 3.32. The Morgan fingerprint density at radius 1 is 1.23 bits per heavy atom. The van der Waals surface area contributed by atoms with Crippen molar-refractivity contribution in [1.82, 2.24) is 14.7 Å². The monoisotopic (exact) mass is 365 g/mol. The summed E-state index contributed by atoms with van der Waals surface area (Å²) in [6.45, 7) is 11.8. The van der Waals surface area contributed by atoms with E-state index in [-0.39, 0.29) is 17.5 Å². The number of carbonyl (C=O) groups is 2. The minimum absolute atomic E-state index is 0.164. The maximum Gasteiger partial charge on any atom is 0.407 e. The molecule has 2 bridgehead atoms. The van der Waals surface area contributed by atoms with Crippen molar-refractivity contribution in [2.45, 2.75) is 77.4 Å². The Balaban J connectivity index is 1.55. The molecule has 1 saturated carbocycles. The molecule has 2 amide bonds. The van der Waals surface area contributed by atoms with E-state index in [4.69, 9.17) is 0 Å². The van der Waals surface area contributed by atoms with Crippen LogP contribution in [0.2, 0.25) is 0 Å². The number of carboxylic acid groups (broad SMARTS) is 1. The zero-order valence-corrected chi connectivity index (χ0v) is 16.8. The fourth-order valence-electron chi connectivity index (χ4n) is 5.61. The third-order valence-electron chi connectivity index (χ3n) is 7.19. The van der Waals surface area contributed by atoms with Gasteiger partial charge in [0.25, 0.3) is 0 Å². The Hall–Kier alpha value is -1.30. The van der Waals surface area contributed by atoms with Gasteiger partial charge >= 0.3 is 6.09 Å². The molecule has 1 N–H and O–H groups in total. The summed E-state index contributed by atoms with van der Waals surface area (Å²) in [6.07, 6.45) is 3.91. The van der Waals surface area contributed by atoms with E-state index in [0.29, 0.717) is 30.8 Å². The third-order valence-corrected chi connectivity index (χ3v) is 7.19. The lowest BCUT2D eigenvalue weighted by Crippen LogP contribution is -2.69. The topological polar surface area (TPSA) is 64.1 Å². The lowest BCUT2D eigenvalue weighted by Gasteiger charge is -2.60. The minimum Gasteiger partial charge on any atom is -0.465 e. The smallest absolute Gasteiger partial charge is 0.407 e. The minimum atomic E-state index is -0.754. The molecule has 6 nitrogen and oxygen atoms in total. The number of amides is 2. The molecule has 0 radical (unpaired) electrons. The summed E-state index contributed by atoms with van der Waals surface area (Å²) in [5, 5.41) is 9.58. The molecule has 6 heteroatoms. The Morgan fingerprint density at radius 3 is 2.46 bits per heavy atom. The van der Waals surface area contributed by atoms with Crippen molar-refractivity contribution in [2.24, 2.45) is 11.8 Å². The lowest BCUT2D eigenvalue weighted by molar-refractivity contribution is -0.137. The van der Waals surface area contributed by atoms with Gasteiger partial charge in [0.15, 0.2) is 0 Å². The van der Waals surface area contributed by atoms with Crippen LogP contribution in [-0.4, -0.2) is 75.6 Å². The summed E-state index contributed by atoms with van der Waals surface area (Å²) >= 11 is 0. The van der Waals surface area contributed by atoms with E-state index in [2.05, 4.69) is 25.7 Å². The molecule has 3 unspecified atom stereocenters. The first-order chi connectivity index (χ1) is 12.3. The van der Waals surface area contributed by atoms with E-state index in [1.807, 2.05) is 11.8 Å². The SMILES string of the molecule is CCN(C(=O)CC1CN(C2CC3(CC)CCC2CN3C(=O)O)C1)C(C)C. The van der Waals surface area contributed by atoms with Gasteiger partial charge in [-0.3, -0.25) is 9.69 Å². The molecule has 3 atom stereocenters. The summed E-state index contributed by atoms with van der Waals surface area (Å²) in [5.41, 5.74) is -0.164. The summed E-state index contributed by atoms with van der Waals surface area (Å²) in [7, 11) is 0. The van der Waals surface area contributed by atoms with Gasteiger partial charge in [-0.05, 0) is 58.3 Å². The van der Waals surface area contributed by atoms with E-state index in [9.17, 15) is 14.7 Å². The molecule has 1 aliphatic carbocycles. The van der Waals surface area contributed by atoms with Crippen LogP contribution in [0.15, 0.2) is 0 Å². The van der Waals surface area contributed by atoms with Crippen LogP contribution in [0.4, 0.5) is 4.79 Å². The molecular formula is C20H35N3O3. The second-order valence-electron chi connectivity index (χ2n) is 8.84. The number of carbonyl (C=O) groups excluding carboxylic acids is 1. The highest BCUT2D eigenvalue weighted by Gasteiger charge is 2.54. The molecular weight excluding hydrogens is 330 g/mol. The maximum atomic E-state index is 12.5. The van der Waals surface area contributed by atoms with Gasteiger partial charge < -0.3 is 14.9 Å². The Kier molecular flexibility index (Phi) is 5.52. The number of nitrogens with zero attached hydrogens (tertiary/aromatic N) is 3. The van der Waals surface area contributed by atoms with Crippen LogP contribution in [0.3, 0.4) is 0 Å². The maximum absolute atomic E-state index is 12.5. The van der Waals surface area contributed by atoms with Gasteiger partial charge in [-0.25, -0.2) is 4.79 Å². The summed E-state index contributed by atoms with van der Waals surface area (Å²) in [4.78, 5) is 30.3. The van der Waals surface area contributed by atoms with Crippen LogP contribution in [0.5, 0.6) is 0 Å². The van der Waals surface area contributed by atoms with E-state index in [1.54, 1.807) is 4.90 Å². The molecule has 3 aliphatic heterocycles. The average Bonchev–Trinajstić information content (AvgIpc) is 2.58. The molecule has 0 aromatic heterocycles. The van der Waals surface area contributed by atoms with Crippen LogP contribution < -0.4 is 0 Å². The van der Waals surface area contributed by atoms with Gasteiger partial charge in [0.05, 0.1) is 0 Å². The predicted octanol–water partition coefficient (Wildman–Crippen LogP) is 2.88. The molecule has 4 aliphatic rings. The van der Waals surface area contributed by atoms with Gasteiger partial charge in [-0.15, -0.1) is 0 Å². The quantitative estimate of drug-likeness (QED) is 0.786. The molecule has 0 aromatic rings. The summed E-state index contributed by atoms with van der Waals surface area (Å²) < 4.78 is 0. The summed E-state index contributed by atoms with van der Waals surface area (Å²) in [5.74, 6) is 1.20. The second-order valence-corrected chi connectivity index (χ2v) is 8.84. The van der Waals surface area contributed by atoms with E-state index in [0.717, 1.165) is 45.3 Å². The first kappa shape index (κ1) is 19.5. The number of rotatable bonds is 6. The highest BCUT2D eigenvalue weighted by atomic mass is 16.4. The van der Waals surface area contributed by atoms with Crippen molar-refractivity contribution in [1.29, 1.82) is 0 Å². The first-order valence-corrected chi connectivity index (χ1v) is 10.3. The van der Waals surface area contributed by atoms with Crippen LogP contribution in [-0.2, 0) is 4.79 Å². The number of piperidine rings is 2. The molecule has 4 fully saturated rings. The number of hydrogen-bond donors (Lipinski definition) is 1. The Morgan fingerprint density at radius 2 is 1.92 bits per heavy atom. The predicted molar refractivity (Wildman–Crippen MR) is 101 cm³/mol. The normalized spacial score (nSPS) is 32.0. The van der Waals surface area contributed by atoms with Crippen LogP contribution in [0.25, 0.3) is 0 Å². The molecule has 26 heavy (non-hydrogen) atoms. The van der Waals surface area contributed by atoms with Gasteiger partial charge in [0.1, 0.15) is 0 Å². The molecule has 148 valence electrons. The van der Waals surface area contributed by atoms with Crippen LogP contribution in [0.1, 0.15) is 59.8 Å². The fourth-order valence-corrected chi connectivity index (χ4v) is 5.61. The second kappa shape index (κ2) is 7.37. The van der Waals surface area contributed by atoms with E-state index in [1.165, 1.54) is 0 Å². The average molecular weight is 366 g/mol. The zero-order chi connectivity index (χ0) is 19.1. The zero-order valence-electron chi connectivity index (χ0n) is 16.8. The van der Waals surface area contributed by atoms with Crippen molar-refractivity contribution < 1.29 is 14.7 Å². The molecule has 3 saturated heterocycles. The van der Waals surface area contributed by atoms with Crippen LogP contribution >= 0.6 is 0 Å². The Bertz CT molecular complexity index is 546. The highest BCUT2D eigenvalue weighted by molar-refractivity contribution is 5.76.